The molecule has 0 saturated carbocycles. The molecule has 0 aliphatic carbocycles. The van der Waals surface area contributed by atoms with Gasteiger partial charge in [0.25, 0.3) is 11.6 Å². The Hall–Kier alpha value is -3.02. The van der Waals surface area contributed by atoms with Crippen LogP contribution < -0.4 is 0 Å². The molecule has 2 aromatic rings. The molecule has 0 N–H and O–H groups in total. The molecule has 0 unspecified atom stereocenters. The zero-order valence-corrected chi connectivity index (χ0v) is 15.2. The summed E-state index contributed by atoms with van der Waals surface area (Å²) < 4.78 is 0. The van der Waals surface area contributed by atoms with Crippen LogP contribution in [0.1, 0.15) is 39.5 Å². The minimum absolute atomic E-state index is 0.0562. The topological polar surface area (TPSA) is 75.8 Å². The first kappa shape index (κ1) is 17.8. The molecule has 6 heteroatoms. The average molecular weight is 351 g/mol. The quantitative estimate of drug-likeness (QED) is 0.474. The number of benzene rings is 2. The minimum atomic E-state index is -0.404. The Bertz CT molecular complexity index is 919. The summed E-state index contributed by atoms with van der Waals surface area (Å²) in [5.41, 5.74) is 5.19. The summed E-state index contributed by atoms with van der Waals surface area (Å²) in [6, 6.07) is 8.75. The van der Waals surface area contributed by atoms with E-state index in [-0.39, 0.29) is 11.6 Å². The lowest BCUT2D eigenvalue weighted by Gasteiger charge is -2.29. The van der Waals surface area contributed by atoms with Crippen LogP contribution >= 0.6 is 0 Å². The van der Waals surface area contributed by atoms with E-state index >= 15 is 0 Å². The molecule has 6 nitrogen and oxygen atoms in total. The van der Waals surface area contributed by atoms with Crippen molar-refractivity contribution in [1.82, 2.24) is 4.90 Å². The van der Waals surface area contributed by atoms with Gasteiger partial charge in [-0.15, -0.1) is 0 Å². The maximum Gasteiger partial charge on any atom is 0.269 e. The second-order valence-corrected chi connectivity index (χ2v) is 6.55. The number of aryl methyl sites for hydroxylation is 2. The number of carbonyl (C=O) groups excluding carboxylic acids is 1. The van der Waals surface area contributed by atoms with Gasteiger partial charge < -0.3 is 4.90 Å². The highest BCUT2D eigenvalue weighted by molar-refractivity contribution is 6.00. The van der Waals surface area contributed by atoms with Gasteiger partial charge in [0, 0.05) is 31.4 Å². The van der Waals surface area contributed by atoms with Crippen molar-refractivity contribution in [2.45, 2.75) is 33.7 Å². The molecule has 134 valence electrons. The van der Waals surface area contributed by atoms with Gasteiger partial charge in [0.15, 0.2) is 0 Å². The number of aliphatic imine (C=N–C) groups is 1. The summed E-state index contributed by atoms with van der Waals surface area (Å²) >= 11 is 0. The van der Waals surface area contributed by atoms with Crippen molar-refractivity contribution < 1.29 is 9.72 Å². The molecule has 0 radical (unpaired) electrons. The fourth-order valence-corrected chi connectivity index (χ4v) is 3.42. The maximum absolute atomic E-state index is 13.1. The van der Waals surface area contributed by atoms with E-state index in [9.17, 15) is 14.9 Å². The smallest absolute Gasteiger partial charge is 0.269 e. The van der Waals surface area contributed by atoms with Crippen LogP contribution in [0.25, 0.3) is 0 Å². The van der Waals surface area contributed by atoms with Gasteiger partial charge in [-0.3, -0.25) is 19.9 Å². The van der Waals surface area contributed by atoms with Crippen LogP contribution in [-0.2, 0) is 13.0 Å². The molecule has 0 bridgehead atoms. The van der Waals surface area contributed by atoms with E-state index in [1.54, 1.807) is 23.2 Å². The fourth-order valence-electron chi connectivity index (χ4n) is 3.42. The number of carbonyl (C=O) groups is 1. The molecule has 26 heavy (non-hydrogen) atoms. The lowest BCUT2D eigenvalue weighted by molar-refractivity contribution is -0.385. The Balaban J connectivity index is 1.95. The van der Waals surface area contributed by atoms with Gasteiger partial charge >= 0.3 is 0 Å². The van der Waals surface area contributed by atoms with Gasteiger partial charge in [-0.2, -0.15) is 0 Å². The van der Waals surface area contributed by atoms with Crippen molar-refractivity contribution in [3.05, 3.63) is 68.3 Å². The number of nitro benzene ring substituents is 1. The Morgan fingerprint density at radius 3 is 2.69 bits per heavy atom. The predicted octanol–water partition coefficient (Wildman–Crippen LogP) is 4.13. The zero-order valence-electron chi connectivity index (χ0n) is 15.2. The summed E-state index contributed by atoms with van der Waals surface area (Å²) in [7, 11) is 0. The molecule has 0 aromatic heterocycles. The molecule has 0 spiro atoms. The third-order valence-corrected chi connectivity index (χ3v) is 4.63. The molecule has 0 saturated heterocycles. The van der Waals surface area contributed by atoms with Crippen molar-refractivity contribution in [3.63, 3.8) is 0 Å². The number of nitrogens with zero attached hydrogens (tertiary/aromatic N) is 3. The van der Waals surface area contributed by atoms with Gasteiger partial charge in [0.05, 0.1) is 16.2 Å². The summed E-state index contributed by atoms with van der Waals surface area (Å²) in [6.45, 7) is 6.69. The number of hydrogen-bond acceptors (Lipinski definition) is 4. The van der Waals surface area contributed by atoms with Crippen LogP contribution in [0.15, 0.2) is 35.3 Å². The normalized spacial score (nSPS) is 13.7. The molecule has 1 aliphatic heterocycles. The lowest BCUT2D eigenvalue weighted by atomic mass is 9.97. The first-order valence-corrected chi connectivity index (χ1v) is 8.56. The first-order valence-electron chi connectivity index (χ1n) is 8.56. The molecular weight excluding hydrogens is 330 g/mol. The van der Waals surface area contributed by atoms with E-state index in [1.807, 2.05) is 32.9 Å². The molecule has 0 fully saturated rings. The molecule has 1 heterocycles. The fraction of sp³-hybridized carbons (Fsp3) is 0.300. The minimum Gasteiger partial charge on any atom is -0.334 e. The third kappa shape index (κ3) is 3.35. The van der Waals surface area contributed by atoms with Crippen molar-refractivity contribution >= 4 is 23.5 Å². The Labute approximate surface area is 152 Å². The number of amides is 1. The van der Waals surface area contributed by atoms with Crippen molar-refractivity contribution in [1.29, 1.82) is 0 Å². The number of nitro groups is 1. The van der Waals surface area contributed by atoms with Crippen LogP contribution in [-0.4, -0.2) is 28.5 Å². The highest BCUT2D eigenvalue weighted by atomic mass is 16.6. The summed E-state index contributed by atoms with van der Waals surface area (Å²) in [4.78, 5) is 29.9. The predicted molar refractivity (Wildman–Crippen MR) is 101 cm³/mol. The molecule has 0 atom stereocenters. The van der Waals surface area contributed by atoms with Crippen LogP contribution in [0.5, 0.6) is 0 Å². The Morgan fingerprint density at radius 2 is 2.00 bits per heavy atom. The number of non-ortho nitro benzene ring substituents is 1. The van der Waals surface area contributed by atoms with Gasteiger partial charge in [0.1, 0.15) is 0 Å². The van der Waals surface area contributed by atoms with Crippen LogP contribution in [0.4, 0.5) is 11.4 Å². The van der Waals surface area contributed by atoms with E-state index in [4.69, 9.17) is 0 Å². The SMILES string of the molecule is CC=Nc1c(C)cc(C)cc1C(=O)N1CCc2ccc([N+](=O)[O-])cc2C1. The van der Waals surface area contributed by atoms with E-state index in [0.29, 0.717) is 30.8 Å². The van der Waals surface area contributed by atoms with Gasteiger partial charge in [0.2, 0.25) is 0 Å². The Morgan fingerprint density at radius 1 is 1.23 bits per heavy atom. The molecule has 1 amide bonds. The van der Waals surface area contributed by atoms with Gasteiger partial charge in [-0.25, -0.2) is 0 Å². The van der Waals surface area contributed by atoms with Crippen LogP contribution in [0, 0.1) is 24.0 Å². The van der Waals surface area contributed by atoms with Crippen LogP contribution in [0.2, 0.25) is 0 Å². The number of fused-ring (bicyclic) bond motifs is 1. The van der Waals surface area contributed by atoms with Crippen molar-refractivity contribution in [2.75, 3.05) is 6.54 Å². The summed E-state index contributed by atoms with van der Waals surface area (Å²) in [6.07, 6.45) is 2.37. The first-order chi connectivity index (χ1) is 12.4. The average Bonchev–Trinajstić information content (AvgIpc) is 2.62. The van der Waals surface area contributed by atoms with E-state index in [1.165, 1.54) is 6.07 Å². The zero-order chi connectivity index (χ0) is 18.8. The van der Waals surface area contributed by atoms with Gasteiger partial charge in [-0.1, -0.05) is 12.1 Å². The van der Waals surface area contributed by atoms with E-state index in [2.05, 4.69) is 4.99 Å². The van der Waals surface area contributed by atoms with Crippen molar-refractivity contribution in [3.8, 4) is 0 Å². The summed E-state index contributed by atoms with van der Waals surface area (Å²) in [5.74, 6) is -0.0884. The van der Waals surface area contributed by atoms with Crippen molar-refractivity contribution in [2.24, 2.45) is 4.99 Å². The highest BCUT2D eigenvalue weighted by Crippen LogP contribution is 2.30. The maximum atomic E-state index is 13.1. The second kappa shape index (κ2) is 7.07. The highest BCUT2D eigenvalue weighted by Gasteiger charge is 2.25. The number of rotatable bonds is 3. The van der Waals surface area contributed by atoms with E-state index in [0.717, 1.165) is 22.3 Å². The lowest BCUT2D eigenvalue weighted by Crippen LogP contribution is -2.36. The molecule has 1 aliphatic rings. The monoisotopic (exact) mass is 351 g/mol. The molecule has 3 rings (SSSR count). The number of hydrogen-bond donors (Lipinski definition) is 0. The molecular formula is C20H21N3O3. The largest absolute Gasteiger partial charge is 0.334 e. The third-order valence-electron chi connectivity index (χ3n) is 4.63. The van der Waals surface area contributed by atoms with Gasteiger partial charge in [-0.05, 0) is 55.5 Å². The van der Waals surface area contributed by atoms with Crippen LogP contribution in [0.3, 0.4) is 0 Å². The summed E-state index contributed by atoms with van der Waals surface area (Å²) in [5, 5.41) is 11.0. The van der Waals surface area contributed by atoms with E-state index < -0.39 is 4.92 Å². The Kier molecular flexibility index (Phi) is 4.84. The standard InChI is InChI=1S/C20H21N3O3/c1-4-21-19-14(3)9-13(2)10-18(19)20(24)22-8-7-15-5-6-17(23(25)26)11-16(15)12-22/h4-6,9-11H,7-8,12H2,1-3H3. The molecule has 2 aromatic carbocycles. The second-order valence-electron chi connectivity index (χ2n) is 6.55.